The Labute approximate surface area is 163 Å². The highest BCUT2D eigenvalue weighted by Gasteiger charge is 2.16. The molecule has 6 heteroatoms. The second kappa shape index (κ2) is 11.5. The van der Waals surface area contributed by atoms with Crippen molar-refractivity contribution >= 4 is 35.8 Å². The molecule has 0 aromatic carbocycles. The fourth-order valence-corrected chi connectivity index (χ4v) is 2.74. The molecule has 0 spiro atoms. The van der Waals surface area contributed by atoms with E-state index >= 15 is 0 Å². The smallest absolute Gasteiger partial charge is 0.191 e. The number of nitrogens with zero attached hydrogens (tertiary/aromatic N) is 3. The topological polar surface area (TPSA) is 52.6 Å². The van der Waals surface area contributed by atoms with Crippen LogP contribution in [0.3, 0.4) is 0 Å². The van der Waals surface area contributed by atoms with Crippen LogP contribution in [-0.2, 0) is 6.54 Å². The highest BCUT2D eigenvalue weighted by molar-refractivity contribution is 14.0. The van der Waals surface area contributed by atoms with Crippen molar-refractivity contribution in [3.05, 3.63) is 23.9 Å². The molecule has 2 rings (SSSR count). The molecule has 1 aliphatic heterocycles. The van der Waals surface area contributed by atoms with Gasteiger partial charge in [0.1, 0.15) is 5.82 Å². The molecule has 0 aliphatic carbocycles. The quantitative estimate of drug-likeness (QED) is 0.305. The van der Waals surface area contributed by atoms with Gasteiger partial charge in [-0.15, -0.1) is 24.0 Å². The Balaban J connectivity index is 0.00000288. The number of rotatable bonds is 6. The monoisotopic (exact) mass is 445 g/mol. The maximum atomic E-state index is 4.63. The molecule has 1 saturated heterocycles. The molecule has 24 heavy (non-hydrogen) atoms. The van der Waals surface area contributed by atoms with E-state index in [9.17, 15) is 0 Å². The number of guanidine groups is 1. The Hall–Kier alpha value is -1.05. The van der Waals surface area contributed by atoms with Crippen LogP contribution in [0.5, 0.6) is 0 Å². The van der Waals surface area contributed by atoms with Crippen molar-refractivity contribution < 1.29 is 0 Å². The second-order valence-corrected chi connectivity index (χ2v) is 6.40. The number of aliphatic imine (C=N–C) groups is 1. The van der Waals surface area contributed by atoms with E-state index in [1.807, 2.05) is 6.20 Å². The molecular formula is C18H32IN5. The third kappa shape index (κ3) is 6.83. The normalized spacial score (nSPS) is 15.8. The molecule has 0 atom stereocenters. The molecule has 0 bridgehead atoms. The van der Waals surface area contributed by atoms with Crippen molar-refractivity contribution in [1.82, 2.24) is 15.6 Å². The number of anilines is 1. The molecule has 0 unspecified atom stereocenters. The van der Waals surface area contributed by atoms with E-state index in [-0.39, 0.29) is 24.0 Å². The van der Waals surface area contributed by atoms with Crippen LogP contribution in [0.4, 0.5) is 5.82 Å². The molecule has 2 heterocycles. The molecule has 5 nitrogen and oxygen atoms in total. The Morgan fingerprint density at radius 3 is 2.62 bits per heavy atom. The number of piperidine rings is 1. The maximum Gasteiger partial charge on any atom is 0.191 e. The standard InChI is InChI=1S/C18H31N5.HI/c1-4-5-10-20-18(19-3)22-14-16-6-7-17(21-13-16)23-11-8-15(2)9-12-23;/h6-7,13,15H,4-5,8-12,14H2,1-3H3,(H2,19,20,22);1H. The summed E-state index contributed by atoms with van der Waals surface area (Å²) in [7, 11) is 1.81. The summed E-state index contributed by atoms with van der Waals surface area (Å²) < 4.78 is 0. The lowest BCUT2D eigenvalue weighted by atomic mass is 9.99. The summed E-state index contributed by atoms with van der Waals surface area (Å²) >= 11 is 0. The zero-order chi connectivity index (χ0) is 16.5. The molecule has 1 aliphatic rings. The lowest BCUT2D eigenvalue weighted by molar-refractivity contribution is 0.436. The van der Waals surface area contributed by atoms with Gasteiger partial charge in [-0.2, -0.15) is 0 Å². The fraction of sp³-hybridized carbons (Fsp3) is 0.667. The first-order valence-corrected chi connectivity index (χ1v) is 8.87. The summed E-state index contributed by atoms with van der Waals surface area (Å²) in [6.45, 7) is 8.48. The van der Waals surface area contributed by atoms with Gasteiger partial charge < -0.3 is 15.5 Å². The van der Waals surface area contributed by atoms with Crippen molar-refractivity contribution in [2.45, 2.75) is 46.1 Å². The van der Waals surface area contributed by atoms with Crippen molar-refractivity contribution in [3.63, 3.8) is 0 Å². The van der Waals surface area contributed by atoms with Crippen LogP contribution in [0.25, 0.3) is 0 Å². The molecule has 0 radical (unpaired) electrons. The van der Waals surface area contributed by atoms with Gasteiger partial charge in [0.2, 0.25) is 0 Å². The van der Waals surface area contributed by atoms with Crippen LogP contribution in [0, 0.1) is 5.92 Å². The summed E-state index contributed by atoms with van der Waals surface area (Å²) in [6.07, 6.45) is 6.85. The molecule has 2 N–H and O–H groups in total. The summed E-state index contributed by atoms with van der Waals surface area (Å²) in [5.41, 5.74) is 1.18. The number of pyridine rings is 1. The number of hydrogen-bond acceptors (Lipinski definition) is 3. The fourth-order valence-electron chi connectivity index (χ4n) is 2.74. The Morgan fingerprint density at radius 1 is 1.29 bits per heavy atom. The van der Waals surface area contributed by atoms with Crippen LogP contribution in [0.1, 0.15) is 45.1 Å². The van der Waals surface area contributed by atoms with Crippen molar-refractivity contribution in [1.29, 1.82) is 0 Å². The van der Waals surface area contributed by atoms with Gasteiger partial charge in [0.05, 0.1) is 0 Å². The van der Waals surface area contributed by atoms with Crippen LogP contribution in [0.2, 0.25) is 0 Å². The number of halogens is 1. The van der Waals surface area contributed by atoms with Gasteiger partial charge >= 0.3 is 0 Å². The van der Waals surface area contributed by atoms with E-state index in [2.05, 4.69) is 51.5 Å². The Kier molecular flexibility index (Phi) is 10.1. The predicted octanol–water partition coefficient (Wildman–Crippen LogP) is 3.40. The molecule has 0 amide bonds. The predicted molar refractivity (Wildman–Crippen MR) is 113 cm³/mol. The minimum atomic E-state index is 0. The van der Waals surface area contributed by atoms with Gasteiger partial charge in [-0.05, 0) is 36.8 Å². The average molecular weight is 445 g/mol. The van der Waals surface area contributed by atoms with E-state index in [0.29, 0.717) is 0 Å². The lowest BCUT2D eigenvalue weighted by Crippen LogP contribution is -2.37. The SMILES string of the molecule is CCCCNC(=NC)NCc1ccc(N2CCC(C)CC2)nc1.I. The van der Waals surface area contributed by atoms with Gasteiger partial charge in [-0.3, -0.25) is 4.99 Å². The Bertz CT molecular complexity index is 481. The number of unbranched alkanes of at least 4 members (excludes halogenated alkanes) is 1. The van der Waals surface area contributed by atoms with Crippen molar-refractivity contribution in [2.75, 3.05) is 31.6 Å². The average Bonchev–Trinajstić information content (AvgIpc) is 2.59. The lowest BCUT2D eigenvalue weighted by Gasteiger charge is -2.31. The van der Waals surface area contributed by atoms with Gasteiger partial charge in [0.25, 0.3) is 0 Å². The van der Waals surface area contributed by atoms with Gasteiger partial charge in [0.15, 0.2) is 5.96 Å². The number of hydrogen-bond donors (Lipinski definition) is 2. The van der Waals surface area contributed by atoms with Gasteiger partial charge in [-0.1, -0.05) is 26.3 Å². The van der Waals surface area contributed by atoms with Crippen LogP contribution in [-0.4, -0.2) is 37.6 Å². The summed E-state index contributed by atoms with van der Waals surface area (Å²) in [5.74, 6) is 2.81. The molecule has 1 aromatic rings. The molecule has 0 saturated carbocycles. The molecule has 1 aromatic heterocycles. The first-order chi connectivity index (χ1) is 11.2. The minimum Gasteiger partial charge on any atom is -0.357 e. The zero-order valence-corrected chi connectivity index (χ0v) is 17.5. The number of aromatic nitrogens is 1. The summed E-state index contributed by atoms with van der Waals surface area (Å²) in [4.78, 5) is 11.3. The summed E-state index contributed by atoms with van der Waals surface area (Å²) in [6, 6.07) is 4.30. The highest BCUT2D eigenvalue weighted by Crippen LogP contribution is 2.21. The largest absolute Gasteiger partial charge is 0.357 e. The van der Waals surface area contributed by atoms with E-state index in [4.69, 9.17) is 0 Å². The Morgan fingerprint density at radius 2 is 2.04 bits per heavy atom. The molecular weight excluding hydrogens is 413 g/mol. The number of nitrogens with one attached hydrogen (secondary N) is 2. The van der Waals surface area contributed by atoms with Crippen molar-refractivity contribution in [2.24, 2.45) is 10.9 Å². The van der Waals surface area contributed by atoms with Gasteiger partial charge in [0, 0.05) is 39.4 Å². The first-order valence-electron chi connectivity index (χ1n) is 8.87. The summed E-state index contributed by atoms with van der Waals surface area (Å²) in [5, 5.41) is 6.65. The van der Waals surface area contributed by atoms with E-state index in [1.165, 1.54) is 24.8 Å². The third-order valence-corrected chi connectivity index (χ3v) is 4.42. The second-order valence-electron chi connectivity index (χ2n) is 6.40. The van der Waals surface area contributed by atoms with Crippen LogP contribution in [0.15, 0.2) is 23.3 Å². The van der Waals surface area contributed by atoms with Crippen LogP contribution < -0.4 is 15.5 Å². The molecule has 136 valence electrons. The zero-order valence-electron chi connectivity index (χ0n) is 15.2. The van der Waals surface area contributed by atoms with Gasteiger partial charge in [-0.25, -0.2) is 4.98 Å². The van der Waals surface area contributed by atoms with Crippen LogP contribution >= 0.6 is 24.0 Å². The molecule has 1 fully saturated rings. The highest BCUT2D eigenvalue weighted by atomic mass is 127. The first kappa shape index (κ1) is 21.0. The maximum absolute atomic E-state index is 4.63. The van der Waals surface area contributed by atoms with E-state index in [1.54, 1.807) is 7.05 Å². The van der Waals surface area contributed by atoms with E-state index < -0.39 is 0 Å². The van der Waals surface area contributed by atoms with Crippen molar-refractivity contribution in [3.8, 4) is 0 Å². The minimum absolute atomic E-state index is 0. The van der Waals surface area contributed by atoms with E-state index in [0.717, 1.165) is 50.3 Å². The third-order valence-electron chi connectivity index (χ3n) is 4.42.